The van der Waals surface area contributed by atoms with Gasteiger partial charge in [-0.3, -0.25) is 4.79 Å². The Morgan fingerprint density at radius 1 is 1.11 bits per heavy atom. The van der Waals surface area contributed by atoms with E-state index < -0.39 is 23.5 Å². The minimum atomic E-state index is -1.17. The van der Waals surface area contributed by atoms with Gasteiger partial charge in [0.05, 0.1) is 0 Å². The molecule has 1 amide bonds. The Labute approximate surface area is 160 Å². The fourth-order valence-electron chi connectivity index (χ4n) is 2.80. The minimum absolute atomic E-state index is 0.334. The van der Waals surface area contributed by atoms with Gasteiger partial charge < -0.3 is 19.6 Å². The Bertz CT molecular complexity index is 1090. The van der Waals surface area contributed by atoms with Crippen LogP contribution in [0.5, 0.6) is 5.75 Å². The number of carbonyl (C=O) groups is 2. The van der Waals surface area contributed by atoms with E-state index in [4.69, 9.17) is 9.15 Å². The van der Waals surface area contributed by atoms with Crippen molar-refractivity contribution in [2.45, 2.75) is 19.9 Å². The molecule has 0 saturated carbocycles. The fourth-order valence-corrected chi connectivity index (χ4v) is 2.80. The van der Waals surface area contributed by atoms with Crippen LogP contribution in [0.15, 0.2) is 57.7 Å². The second-order valence-electron chi connectivity index (χ2n) is 6.34. The van der Waals surface area contributed by atoms with Crippen LogP contribution in [0.3, 0.4) is 0 Å². The molecule has 3 rings (SSSR count). The van der Waals surface area contributed by atoms with Crippen LogP contribution in [0.1, 0.15) is 22.7 Å². The van der Waals surface area contributed by atoms with Gasteiger partial charge in [-0.05, 0) is 37.1 Å². The third-order valence-corrected chi connectivity index (χ3v) is 4.48. The Morgan fingerprint density at radius 2 is 1.82 bits per heavy atom. The van der Waals surface area contributed by atoms with Crippen LogP contribution in [0.25, 0.3) is 11.0 Å². The maximum Gasteiger partial charge on any atom is 0.339 e. The van der Waals surface area contributed by atoms with E-state index in [1.807, 2.05) is 6.92 Å². The Hall–Kier alpha value is -3.61. The van der Waals surface area contributed by atoms with Crippen LogP contribution < -0.4 is 15.7 Å². The monoisotopic (exact) mass is 381 g/mol. The molecule has 0 spiro atoms. The molecule has 2 aromatic carbocycles. The fraction of sp³-hybridized carbons (Fsp3) is 0.190. The first kappa shape index (κ1) is 19.2. The summed E-state index contributed by atoms with van der Waals surface area (Å²) in [6.07, 6.45) is 0. The molecule has 144 valence electrons. The second kappa shape index (κ2) is 7.96. The summed E-state index contributed by atoms with van der Waals surface area (Å²) in [5, 5.41) is 12.6. The third-order valence-electron chi connectivity index (χ3n) is 4.48. The molecule has 0 radical (unpaired) electrons. The Kier molecular flexibility index (Phi) is 5.44. The molecule has 0 fully saturated rings. The van der Waals surface area contributed by atoms with Gasteiger partial charge in [-0.15, -0.1) is 0 Å². The highest BCUT2D eigenvalue weighted by molar-refractivity contribution is 5.85. The SMILES string of the molecule is Cc1c(C)c2ccc(OCC(=O)N[C@H](C(=O)O)c3ccccc3)cc2oc1=O. The van der Waals surface area contributed by atoms with E-state index in [1.165, 1.54) is 6.07 Å². The lowest BCUT2D eigenvalue weighted by Crippen LogP contribution is -2.36. The maximum atomic E-state index is 12.1. The van der Waals surface area contributed by atoms with E-state index in [9.17, 15) is 19.5 Å². The third kappa shape index (κ3) is 4.03. The van der Waals surface area contributed by atoms with Crippen LogP contribution in [-0.4, -0.2) is 23.6 Å². The van der Waals surface area contributed by atoms with Crippen LogP contribution in [0.4, 0.5) is 0 Å². The van der Waals surface area contributed by atoms with Gasteiger partial charge in [-0.25, -0.2) is 9.59 Å². The van der Waals surface area contributed by atoms with Crippen molar-refractivity contribution < 1.29 is 23.8 Å². The van der Waals surface area contributed by atoms with Crippen molar-refractivity contribution in [3.05, 3.63) is 75.6 Å². The number of hydrogen-bond acceptors (Lipinski definition) is 5. The number of ether oxygens (including phenoxy) is 1. The number of nitrogens with one attached hydrogen (secondary N) is 1. The number of aryl methyl sites for hydroxylation is 1. The quantitative estimate of drug-likeness (QED) is 0.636. The lowest BCUT2D eigenvalue weighted by atomic mass is 10.1. The average Bonchev–Trinajstić information content (AvgIpc) is 2.69. The number of carboxylic acid groups (broad SMARTS) is 1. The summed E-state index contributed by atoms with van der Waals surface area (Å²) in [7, 11) is 0. The predicted molar refractivity (Wildman–Crippen MR) is 102 cm³/mol. The van der Waals surface area contributed by atoms with Gasteiger partial charge in [0.25, 0.3) is 5.91 Å². The lowest BCUT2D eigenvalue weighted by molar-refractivity contribution is -0.142. The van der Waals surface area contributed by atoms with E-state index >= 15 is 0 Å². The number of carboxylic acids is 1. The number of amides is 1. The van der Waals surface area contributed by atoms with Crippen LogP contribution in [-0.2, 0) is 9.59 Å². The molecular formula is C21H19NO6. The van der Waals surface area contributed by atoms with Crippen molar-refractivity contribution >= 4 is 22.8 Å². The van der Waals surface area contributed by atoms with E-state index in [2.05, 4.69) is 5.32 Å². The predicted octanol–water partition coefficient (Wildman–Crippen LogP) is 2.73. The molecule has 7 heteroatoms. The Morgan fingerprint density at radius 3 is 2.50 bits per heavy atom. The van der Waals surface area contributed by atoms with E-state index in [0.29, 0.717) is 22.5 Å². The van der Waals surface area contributed by atoms with Gasteiger partial charge in [0.15, 0.2) is 12.6 Å². The summed E-state index contributed by atoms with van der Waals surface area (Å²) < 4.78 is 10.7. The zero-order chi connectivity index (χ0) is 20.3. The Balaban J connectivity index is 1.71. The number of fused-ring (bicyclic) bond motifs is 1. The molecule has 0 unspecified atom stereocenters. The standard InChI is InChI=1S/C21H19NO6/c1-12-13(2)21(26)28-17-10-15(8-9-16(12)17)27-11-18(23)22-19(20(24)25)14-6-4-3-5-7-14/h3-10,19H,11H2,1-2H3,(H,22,23)(H,24,25)/t19-/m0/s1. The number of benzene rings is 2. The van der Waals surface area contributed by atoms with Crippen molar-refractivity contribution in [3.63, 3.8) is 0 Å². The number of carbonyl (C=O) groups excluding carboxylic acids is 1. The summed E-state index contributed by atoms with van der Waals surface area (Å²) in [5.74, 6) is -1.42. The molecule has 0 bridgehead atoms. The van der Waals surface area contributed by atoms with Crippen molar-refractivity contribution in [3.8, 4) is 5.75 Å². The molecule has 28 heavy (non-hydrogen) atoms. The molecule has 0 aliphatic rings. The minimum Gasteiger partial charge on any atom is -0.484 e. The zero-order valence-corrected chi connectivity index (χ0v) is 15.4. The molecule has 7 nitrogen and oxygen atoms in total. The van der Waals surface area contributed by atoms with Crippen LogP contribution in [0, 0.1) is 13.8 Å². The van der Waals surface area contributed by atoms with E-state index in [-0.39, 0.29) is 6.61 Å². The summed E-state index contributed by atoms with van der Waals surface area (Å²) >= 11 is 0. The van der Waals surface area contributed by atoms with Gasteiger partial charge >= 0.3 is 11.6 Å². The van der Waals surface area contributed by atoms with E-state index in [1.54, 1.807) is 49.4 Å². The topological polar surface area (TPSA) is 106 Å². The largest absolute Gasteiger partial charge is 0.484 e. The first-order valence-electron chi connectivity index (χ1n) is 8.61. The summed E-state index contributed by atoms with van der Waals surface area (Å²) in [5.41, 5.74) is 1.76. The molecule has 2 N–H and O–H groups in total. The summed E-state index contributed by atoms with van der Waals surface area (Å²) in [4.78, 5) is 35.4. The highest BCUT2D eigenvalue weighted by Gasteiger charge is 2.22. The van der Waals surface area contributed by atoms with Gasteiger partial charge in [-0.1, -0.05) is 30.3 Å². The molecule has 1 heterocycles. The maximum absolute atomic E-state index is 12.1. The number of rotatable bonds is 6. The van der Waals surface area contributed by atoms with Crippen molar-refractivity contribution in [1.29, 1.82) is 0 Å². The van der Waals surface area contributed by atoms with Crippen molar-refractivity contribution in [1.82, 2.24) is 5.32 Å². The molecule has 1 atom stereocenters. The van der Waals surface area contributed by atoms with Gasteiger partial charge in [-0.2, -0.15) is 0 Å². The second-order valence-corrected chi connectivity index (χ2v) is 6.34. The average molecular weight is 381 g/mol. The highest BCUT2D eigenvalue weighted by atomic mass is 16.5. The van der Waals surface area contributed by atoms with Gasteiger partial charge in [0.1, 0.15) is 11.3 Å². The number of hydrogen-bond donors (Lipinski definition) is 2. The first-order chi connectivity index (χ1) is 13.4. The lowest BCUT2D eigenvalue weighted by Gasteiger charge is -2.15. The molecule has 0 aliphatic carbocycles. The highest BCUT2D eigenvalue weighted by Crippen LogP contribution is 2.24. The molecule has 3 aromatic rings. The van der Waals surface area contributed by atoms with E-state index in [0.717, 1.165) is 10.9 Å². The first-order valence-corrected chi connectivity index (χ1v) is 8.61. The smallest absolute Gasteiger partial charge is 0.339 e. The normalized spacial score (nSPS) is 11.8. The van der Waals surface area contributed by atoms with Crippen LogP contribution in [0.2, 0.25) is 0 Å². The summed E-state index contributed by atoms with van der Waals surface area (Å²) in [6.45, 7) is 3.15. The molecular weight excluding hydrogens is 362 g/mol. The van der Waals surface area contributed by atoms with Gasteiger partial charge in [0.2, 0.25) is 0 Å². The van der Waals surface area contributed by atoms with Gasteiger partial charge in [0, 0.05) is 17.0 Å². The molecule has 1 aromatic heterocycles. The molecule has 0 saturated heterocycles. The van der Waals surface area contributed by atoms with Crippen molar-refractivity contribution in [2.75, 3.05) is 6.61 Å². The number of aliphatic carboxylic acids is 1. The summed E-state index contributed by atoms with van der Waals surface area (Å²) in [6, 6.07) is 12.2. The molecule has 0 aliphatic heterocycles. The zero-order valence-electron chi connectivity index (χ0n) is 15.4. The van der Waals surface area contributed by atoms with Crippen molar-refractivity contribution in [2.24, 2.45) is 0 Å². The van der Waals surface area contributed by atoms with Crippen LogP contribution >= 0.6 is 0 Å².